The minimum Gasteiger partial charge on any atom is -0.448 e. The molecule has 0 aliphatic rings. The van der Waals surface area contributed by atoms with Crippen LogP contribution >= 0.6 is 11.6 Å². The summed E-state index contributed by atoms with van der Waals surface area (Å²) in [5, 5.41) is 3.20. The summed E-state index contributed by atoms with van der Waals surface area (Å²) in [5.41, 5.74) is 6.29. The Morgan fingerprint density at radius 1 is 1.43 bits per heavy atom. The van der Waals surface area contributed by atoms with Crippen LogP contribution in [0.5, 0.6) is 0 Å². The van der Waals surface area contributed by atoms with Gasteiger partial charge in [0.15, 0.2) is 6.10 Å². The van der Waals surface area contributed by atoms with Crippen molar-refractivity contribution in [2.24, 2.45) is 0 Å². The van der Waals surface area contributed by atoms with Gasteiger partial charge >= 0.3 is 11.8 Å². The van der Waals surface area contributed by atoms with Gasteiger partial charge in [-0.15, -0.1) is 0 Å². The lowest BCUT2D eigenvalue weighted by Gasteiger charge is -2.13. The van der Waals surface area contributed by atoms with E-state index >= 15 is 0 Å². The van der Waals surface area contributed by atoms with Crippen molar-refractivity contribution in [3.63, 3.8) is 0 Å². The molecule has 4 N–H and O–H groups in total. The van der Waals surface area contributed by atoms with Gasteiger partial charge in [0.25, 0.3) is 5.91 Å². The van der Waals surface area contributed by atoms with Crippen molar-refractivity contribution in [3.8, 4) is 0 Å². The molecule has 0 radical (unpaired) electrons. The number of nitrogens with zero attached hydrogens (tertiary/aromatic N) is 1. The number of nitrogen functional groups attached to an aromatic ring is 1. The highest BCUT2D eigenvalue weighted by molar-refractivity contribution is 6.31. The third kappa shape index (κ3) is 4.40. The van der Waals surface area contributed by atoms with E-state index in [0.717, 1.165) is 5.56 Å². The molecule has 0 fully saturated rings. The smallest absolute Gasteiger partial charge is 0.366 e. The molecule has 1 aromatic heterocycles. The average molecular weight is 336 g/mol. The molecule has 0 saturated heterocycles. The monoisotopic (exact) mass is 335 g/mol. The van der Waals surface area contributed by atoms with Crippen molar-refractivity contribution in [1.82, 2.24) is 10.3 Å². The van der Waals surface area contributed by atoms with Crippen LogP contribution in [0.3, 0.4) is 0 Å². The van der Waals surface area contributed by atoms with Crippen LogP contribution in [0.15, 0.2) is 36.7 Å². The normalized spacial score (nSPS) is 11.6. The lowest BCUT2D eigenvalue weighted by molar-refractivity contribution is -0.361. The van der Waals surface area contributed by atoms with Crippen LogP contribution in [-0.4, -0.2) is 23.0 Å². The van der Waals surface area contributed by atoms with Gasteiger partial charge in [-0.1, -0.05) is 29.8 Å². The summed E-state index contributed by atoms with van der Waals surface area (Å²) in [4.78, 5) is 30.4. The lowest BCUT2D eigenvalue weighted by atomic mass is 10.2. The average Bonchev–Trinajstić information content (AvgIpc) is 2.54. The van der Waals surface area contributed by atoms with E-state index in [2.05, 4.69) is 15.3 Å². The van der Waals surface area contributed by atoms with Gasteiger partial charge in [0, 0.05) is 11.6 Å². The van der Waals surface area contributed by atoms with Gasteiger partial charge in [0.1, 0.15) is 6.20 Å². The molecule has 0 saturated carbocycles. The van der Waals surface area contributed by atoms with Crippen LogP contribution in [0.1, 0.15) is 23.0 Å². The molecule has 0 spiro atoms. The first-order valence-corrected chi connectivity index (χ1v) is 7.21. The number of nitrogens with two attached hydrogens (primary N) is 1. The van der Waals surface area contributed by atoms with Crippen molar-refractivity contribution in [2.75, 3.05) is 5.73 Å². The molecule has 0 aliphatic heterocycles. The second-order valence-electron chi connectivity index (χ2n) is 4.71. The maximum atomic E-state index is 12.0. The third-order valence-electron chi connectivity index (χ3n) is 3.03. The molecule has 120 valence electrons. The number of aromatic nitrogens is 2. The van der Waals surface area contributed by atoms with E-state index in [9.17, 15) is 9.59 Å². The Morgan fingerprint density at radius 3 is 2.87 bits per heavy atom. The molecule has 2 rings (SSSR count). The predicted octanol–water partition coefficient (Wildman–Crippen LogP) is 0.993. The fourth-order valence-corrected chi connectivity index (χ4v) is 1.98. The zero-order valence-corrected chi connectivity index (χ0v) is 13.1. The Hall–Kier alpha value is -2.67. The molecule has 1 atom stereocenters. The van der Waals surface area contributed by atoms with Gasteiger partial charge in [-0.25, -0.2) is 14.8 Å². The third-order valence-corrected chi connectivity index (χ3v) is 3.40. The summed E-state index contributed by atoms with van der Waals surface area (Å²) >= 11 is 6.01. The fraction of sp³-hybridized carbons (Fsp3) is 0.200. The first-order valence-electron chi connectivity index (χ1n) is 6.83. The minimum atomic E-state index is -0.994. The molecular formula is C15H16ClN4O3+. The van der Waals surface area contributed by atoms with Gasteiger partial charge in [-0.2, -0.15) is 0 Å². The Bertz CT molecular complexity index is 723. The van der Waals surface area contributed by atoms with Crippen molar-refractivity contribution in [3.05, 3.63) is 52.9 Å². The molecular weight excluding hydrogens is 320 g/mol. The molecule has 1 heterocycles. The number of halogens is 1. The summed E-state index contributed by atoms with van der Waals surface area (Å²) in [6.45, 7) is 1.70. The number of rotatable bonds is 5. The van der Waals surface area contributed by atoms with E-state index < -0.39 is 18.0 Å². The first-order chi connectivity index (χ1) is 11.0. The van der Waals surface area contributed by atoms with Crippen molar-refractivity contribution in [1.29, 1.82) is 0 Å². The second-order valence-corrected chi connectivity index (χ2v) is 5.12. The van der Waals surface area contributed by atoms with Crippen LogP contribution in [0.4, 0.5) is 5.82 Å². The van der Waals surface area contributed by atoms with Gasteiger partial charge in [-0.05, 0) is 18.6 Å². The number of esters is 1. The van der Waals surface area contributed by atoms with Gasteiger partial charge in [0.2, 0.25) is 5.69 Å². The van der Waals surface area contributed by atoms with Crippen molar-refractivity contribution in [2.45, 2.75) is 19.6 Å². The van der Waals surface area contributed by atoms with E-state index in [4.69, 9.17) is 22.1 Å². The molecule has 23 heavy (non-hydrogen) atoms. The van der Waals surface area contributed by atoms with E-state index in [1.807, 2.05) is 6.07 Å². The zero-order valence-electron chi connectivity index (χ0n) is 12.4. The van der Waals surface area contributed by atoms with Crippen molar-refractivity contribution < 1.29 is 19.3 Å². The van der Waals surface area contributed by atoms with Crippen LogP contribution in [0.25, 0.3) is 0 Å². The molecule has 1 amide bonds. The number of benzene rings is 1. The fourth-order valence-electron chi connectivity index (χ4n) is 1.78. The highest BCUT2D eigenvalue weighted by Gasteiger charge is 2.23. The number of hydrogen-bond donors (Lipinski definition) is 2. The molecule has 8 heteroatoms. The van der Waals surface area contributed by atoms with Gasteiger partial charge in [0.05, 0.1) is 6.20 Å². The molecule has 2 aromatic rings. The van der Waals surface area contributed by atoms with Gasteiger partial charge in [-0.3, -0.25) is 10.5 Å². The Morgan fingerprint density at radius 2 is 2.17 bits per heavy atom. The number of H-pyrrole nitrogens is 1. The summed E-state index contributed by atoms with van der Waals surface area (Å²) in [6, 6.07) is 7.14. The Labute approximate surface area is 137 Å². The molecule has 7 nitrogen and oxygen atoms in total. The summed E-state index contributed by atoms with van der Waals surface area (Å²) < 4.78 is 5.05. The first kappa shape index (κ1) is 16.7. The summed E-state index contributed by atoms with van der Waals surface area (Å²) in [5.74, 6) is -1.15. The number of amides is 1. The van der Waals surface area contributed by atoms with E-state index in [1.165, 1.54) is 19.3 Å². The largest absolute Gasteiger partial charge is 0.448 e. The number of aromatic amines is 1. The zero-order chi connectivity index (χ0) is 16.8. The van der Waals surface area contributed by atoms with Gasteiger partial charge < -0.3 is 10.1 Å². The van der Waals surface area contributed by atoms with E-state index in [1.54, 1.807) is 18.2 Å². The maximum Gasteiger partial charge on any atom is 0.366 e. The predicted molar refractivity (Wildman–Crippen MR) is 83.4 cm³/mol. The second kappa shape index (κ2) is 7.55. The molecule has 0 aliphatic carbocycles. The van der Waals surface area contributed by atoms with E-state index in [0.29, 0.717) is 5.02 Å². The topological polar surface area (TPSA) is 108 Å². The Balaban J connectivity index is 1.91. The number of hydrogen-bond acceptors (Lipinski definition) is 5. The number of anilines is 1. The van der Waals surface area contributed by atoms with E-state index in [-0.39, 0.29) is 18.1 Å². The van der Waals surface area contributed by atoms with Crippen LogP contribution < -0.4 is 16.0 Å². The number of carbonyl (C=O) groups is 2. The number of ether oxygens (including phenoxy) is 1. The quantitative estimate of drug-likeness (QED) is 0.792. The van der Waals surface area contributed by atoms with Crippen LogP contribution in [0, 0.1) is 0 Å². The lowest BCUT2D eigenvalue weighted by Crippen LogP contribution is -2.36. The Kier molecular flexibility index (Phi) is 5.48. The highest BCUT2D eigenvalue weighted by atomic mass is 35.5. The molecule has 0 bridgehead atoms. The molecule has 0 unspecified atom stereocenters. The maximum absolute atomic E-state index is 12.0. The standard InChI is InChI=1S/C15H15ClN4O3/c1-9(23-15(22)12-13(17)19-7-6-18-12)14(21)20-8-10-4-2-3-5-11(10)16/h2-7,9H,8H2,1H3,(H2,17,19)(H,20,21)/p+1/t9-/m0/s1. The summed E-state index contributed by atoms with van der Waals surface area (Å²) in [6.07, 6.45) is 1.85. The van der Waals surface area contributed by atoms with Crippen molar-refractivity contribution >= 4 is 29.3 Å². The molecule has 1 aromatic carbocycles. The SMILES string of the molecule is C[C@H](OC(=O)c1ncc[nH+]c1N)C(=O)NCc1ccccc1Cl. The highest BCUT2D eigenvalue weighted by Crippen LogP contribution is 2.14. The number of carbonyl (C=O) groups excluding carboxylic acids is 2. The van der Waals surface area contributed by atoms with Crippen LogP contribution in [0.2, 0.25) is 5.02 Å². The minimum absolute atomic E-state index is 0.0705. The number of nitrogens with one attached hydrogen (secondary N) is 2. The summed E-state index contributed by atoms with van der Waals surface area (Å²) in [7, 11) is 0. The van der Waals surface area contributed by atoms with Crippen LogP contribution in [-0.2, 0) is 16.1 Å².